The van der Waals surface area contributed by atoms with Crippen molar-refractivity contribution in [1.29, 1.82) is 0 Å². The highest BCUT2D eigenvalue weighted by molar-refractivity contribution is 7.91. The van der Waals surface area contributed by atoms with Gasteiger partial charge in [-0.2, -0.15) is 0 Å². The molecule has 1 aromatic rings. The number of nitrogens with one attached hydrogen (secondary N) is 1. The summed E-state index contributed by atoms with van der Waals surface area (Å²) in [6.45, 7) is -0.541. The van der Waals surface area contributed by atoms with Crippen LogP contribution in [0.1, 0.15) is 16.8 Å². The number of carbonyl (C=O) groups excluding carboxylic acids is 2. The molecule has 24 heavy (non-hydrogen) atoms. The van der Waals surface area contributed by atoms with Gasteiger partial charge >= 0.3 is 5.97 Å². The molecule has 0 aliphatic carbocycles. The third kappa shape index (κ3) is 4.51. The molecule has 132 valence electrons. The summed E-state index contributed by atoms with van der Waals surface area (Å²) in [5.41, 5.74) is 5.90. The van der Waals surface area contributed by atoms with E-state index < -0.39 is 34.4 Å². The molecule has 0 aromatic heterocycles. The number of carbonyl (C=O) groups is 2. The summed E-state index contributed by atoms with van der Waals surface area (Å²) in [6, 6.07) is 2.21. The van der Waals surface area contributed by atoms with Gasteiger partial charge in [0.15, 0.2) is 16.4 Å². The number of benzene rings is 1. The number of nitrogen functional groups attached to an aromatic ring is 1. The number of nitrogens with two attached hydrogens (primary N) is 1. The van der Waals surface area contributed by atoms with Crippen LogP contribution in [0.3, 0.4) is 0 Å². The highest BCUT2D eigenvalue weighted by atomic mass is 35.5. The predicted molar refractivity (Wildman–Crippen MR) is 87.9 cm³/mol. The van der Waals surface area contributed by atoms with Gasteiger partial charge in [0, 0.05) is 12.1 Å². The molecule has 1 amide bonds. The summed E-state index contributed by atoms with van der Waals surface area (Å²) >= 11 is 5.87. The molecular weight excluding hydrogens is 360 g/mol. The van der Waals surface area contributed by atoms with Gasteiger partial charge in [0.25, 0.3) is 5.91 Å². The van der Waals surface area contributed by atoms with E-state index >= 15 is 0 Å². The van der Waals surface area contributed by atoms with Gasteiger partial charge in [-0.1, -0.05) is 11.6 Å². The van der Waals surface area contributed by atoms with Crippen molar-refractivity contribution in [3.8, 4) is 5.75 Å². The van der Waals surface area contributed by atoms with E-state index in [9.17, 15) is 18.0 Å². The zero-order chi connectivity index (χ0) is 17.9. The molecule has 0 bridgehead atoms. The van der Waals surface area contributed by atoms with Gasteiger partial charge in [-0.25, -0.2) is 13.2 Å². The number of halogens is 1. The maximum atomic E-state index is 12.1. The number of hydrogen-bond donors (Lipinski definition) is 2. The molecule has 0 radical (unpaired) electrons. The number of rotatable bonds is 5. The molecule has 3 N–H and O–H groups in total. The van der Waals surface area contributed by atoms with Gasteiger partial charge < -0.3 is 20.5 Å². The second kappa shape index (κ2) is 7.27. The third-order valence-electron chi connectivity index (χ3n) is 3.47. The Morgan fingerprint density at radius 1 is 1.42 bits per heavy atom. The first-order chi connectivity index (χ1) is 11.2. The Bertz CT molecular complexity index is 765. The SMILES string of the molecule is COc1cc(N)c(Cl)cc1C(=O)OCC(=O)N[C@H]1CCS(=O)(=O)C1. The molecule has 1 saturated heterocycles. The van der Waals surface area contributed by atoms with Crippen molar-refractivity contribution < 1.29 is 27.5 Å². The van der Waals surface area contributed by atoms with E-state index in [2.05, 4.69) is 5.32 Å². The quantitative estimate of drug-likeness (QED) is 0.562. The molecule has 1 heterocycles. The maximum Gasteiger partial charge on any atom is 0.342 e. The predicted octanol–water partition coefficient (Wildman–Crippen LogP) is 0.391. The highest BCUT2D eigenvalue weighted by Crippen LogP contribution is 2.29. The Kier molecular flexibility index (Phi) is 5.55. The lowest BCUT2D eigenvalue weighted by atomic mass is 10.2. The number of amides is 1. The molecule has 1 atom stereocenters. The molecule has 1 aromatic carbocycles. The van der Waals surface area contributed by atoms with Crippen LogP contribution in [0.25, 0.3) is 0 Å². The standard InChI is InChI=1S/C14H17ClN2O6S/c1-22-12-5-11(16)10(15)4-9(12)14(19)23-6-13(18)17-8-2-3-24(20,21)7-8/h4-5,8H,2-3,6-7,16H2,1H3,(H,17,18)/t8-/m0/s1. The number of ether oxygens (including phenoxy) is 2. The van der Waals surface area contributed by atoms with E-state index in [4.69, 9.17) is 26.8 Å². The van der Waals surface area contributed by atoms with Crippen molar-refractivity contribution >= 4 is 39.0 Å². The van der Waals surface area contributed by atoms with E-state index in [-0.39, 0.29) is 33.5 Å². The van der Waals surface area contributed by atoms with Crippen LogP contribution in [0.15, 0.2) is 12.1 Å². The van der Waals surface area contributed by atoms with Crippen LogP contribution in [-0.4, -0.2) is 51.6 Å². The Morgan fingerprint density at radius 3 is 2.71 bits per heavy atom. The van der Waals surface area contributed by atoms with Crippen molar-refractivity contribution in [2.24, 2.45) is 0 Å². The van der Waals surface area contributed by atoms with E-state index in [0.717, 1.165) is 0 Å². The minimum atomic E-state index is -3.10. The molecule has 1 aliphatic rings. The minimum absolute atomic E-state index is 0.0351. The van der Waals surface area contributed by atoms with Crippen molar-refractivity contribution in [1.82, 2.24) is 5.32 Å². The van der Waals surface area contributed by atoms with Gasteiger partial charge in [0.2, 0.25) is 0 Å². The number of hydrogen-bond acceptors (Lipinski definition) is 7. The van der Waals surface area contributed by atoms with Crippen molar-refractivity contribution in [3.05, 3.63) is 22.7 Å². The van der Waals surface area contributed by atoms with E-state index in [1.54, 1.807) is 0 Å². The summed E-state index contributed by atoms with van der Waals surface area (Å²) in [5.74, 6) is -1.27. The Morgan fingerprint density at radius 2 is 2.12 bits per heavy atom. The van der Waals surface area contributed by atoms with Gasteiger partial charge in [-0.15, -0.1) is 0 Å². The fraction of sp³-hybridized carbons (Fsp3) is 0.429. The zero-order valence-electron chi connectivity index (χ0n) is 12.9. The fourth-order valence-corrected chi connectivity index (χ4v) is 4.12. The molecule has 1 fully saturated rings. The lowest BCUT2D eigenvalue weighted by molar-refractivity contribution is -0.124. The highest BCUT2D eigenvalue weighted by Gasteiger charge is 2.29. The lowest BCUT2D eigenvalue weighted by Crippen LogP contribution is -2.38. The largest absolute Gasteiger partial charge is 0.496 e. The van der Waals surface area contributed by atoms with Crippen LogP contribution >= 0.6 is 11.6 Å². The van der Waals surface area contributed by atoms with Crippen molar-refractivity contribution in [3.63, 3.8) is 0 Å². The second-order valence-corrected chi connectivity index (χ2v) is 7.95. The summed E-state index contributed by atoms with van der Waals surface area (Å²) in [7, 11) is -1.74. The monoisotopic (exact) mass is 376 g/mol. The van der Waals surface area contributed by atoms with Crippen molar-refractivity contribution in [2.75, 3.05) is 31.0 Å². The molecule has 2 rings (SSSR count). The average Bonchev–Trinajstić information content (AvgIpc) is 2.85. The Labute approximate surface area is 144 Å². The van der Waals surface area contributed by atoms with Crippen molar-refractivity contribution in [2.45, 2.75) is 12.5 Å². The Hall–Kier alpha value is -2.00. The van der Waals surface area contributed by atoms with Crippen LogP contribution in [0.4, 0.5) is 5.69 Å². The molecule has 0 saturated carbocycles. The lowest BCUT2D eigenvalue weighted by Gasteiger charge is -2.12. The first-order valence-corrected chi connectivity index (χ1v) is 9.21. The van der Waals surface area contributed by atoms with E-state index in [1.807, 2.05) is 0 Å². The average molecular weight is 377 g/mol. The molecule has 1 aliphatic heterocycles. The van der Waals surface area contributed by atoms with Crippen LogP contribution in [-0.2, 0) is 19.4 Å². The maximum absolute atomic E-state index is 12.1. The fourth-order valence-electron chi connectivity index (χ4n) is 2.28. The van der Waals surface area contributed by atoms with Crippen LogP contribution in [0.2, 0.25) is 5.02 Å². The molecular formula is C14H17ClN2O6S. The summed E-state index contributed by atoms with van der Waals surface area (Å²) in [5, 5.41) is 2.67. The second-order valence-electron chi connectivity index (χ2n) is 5.32. The Balaban J connectivity index is 1.93. The minimum Gasteiger partial charge on any atom is -0.496 e. The van der Waals surface area contributed by atoms with E-state index in [1.165, 1.54) is 19.2 Å². The topological polar surface area (TPSA) is 125 Å². The van der Waals surface area contributed by atoms with E-state index in [0.29, 0.717) is 6.42 Å². The molecule has 10 heteroatoms. The smallest absolute Gasteiger partial charge is 0.342 e. The molecule has 8 nitrogen and oxygen atoms in total. The first-order valence-electron chi connectivity index (χ1n) is 7.02. The number of sulfone groups is 1. The van der Waals surface area contributed by atoms with Crippen LogP contribution in [0, 0.1) is 0 Å². The molecule has 0 unspecified atom stereocenters. The van der Waals surface area contributed by atoms with Gasteiger partial charge in [0.1, 0.15) is 11.3 Å². The van der Waals surface area contributed by atoms with Gasteiger partial charge in [-0.05, 0) is 12.5 Å². The third-order valence-corrected chi connectivity index (χ3v) is 5.57. The normalized spacial score (nSPS) is 18.8. The summed E-state index contributed by atoms with van der Waals surface area (Å²) in [6.07, 6.45) is 0.351. The summed E-state index contributed by atoms with van der Waals surface area (Å²) in [4.78, 5) is 23.8. The number of esters is 1. The number of methoxy groups -OCH3 is 1. The van der Waals surface area contributed by atoms with Gasteiger partial charge in [0.05, 0.1) is 29.3 Å². The molecule has 0 spiro atoms. The van der Waals surface area contributed by atoms with Gasteiger partial charge in [-0.3, -0.25) is 4.79 Å². The zero-order valence-corrected chi connectivity index (χ0v) is 14.4. The van der Waals surface area contributed by atoms with Crippen LogP contribution in [0.5, 0.6) is 5.75 Å². The number of anilines is 1. The summed E-state index contributed by atoms with van der Waals surface area (Å²) < 4.78 is 32.6. The van der Waals surface area contributed by atoms with Crippen LogP contribution < -0.4 is 15.8 Å². The first kappa shape index (κ1) is 18.3.